The molecular formula is C19H28N2O2. The molecule has 1 aliphatic carbocycles. The Morgan fingerprint density at radius 3 is 2.48 bits per heavy atom. The van der Waals surface area contributed by atoms with Crippen LogP contribution in [0.25, 0.3) is 0 Å². The molecule has 1 saturated carbocycles. The number of aliphatic hydroxyl groups excluding tert-OH is 1. The fourth-order valence-electron chi connectivity index (χ4n) is 3.95. The average Bonchev–Trinajstić information content (AvgIpc) is 3.36. The molecule has 1 saturated heterocycles. The number of nitrogens with zero attached hydrogens (tertiary/aromatic N) is 2. The second-order valence-corrected chi connectivity index (χ2v) is 6.95. The van der Waals surface area contributed by atoms with Gasteiger partial charge in [0.05, 0.1) is 6.61 Å². The summed E-state index contributed by atoms with van der Waals surface area (Å²) in [5.41, 5.74) is 1.28. The Morgan fingerprint density at radius 2 is 1.96 bits per heavy atom. The first kappa shape index (κ1) is 16.5. The largest absolute Gasteiger partial charge is 0.395 e. The molecule has 3 rings (SSSR count). The zero-order chi connectivity index (χ0) is 16.4. The fourth-order valence-corrected chi connectivity index (χ4v) is 3.95. The van der Waals surface area contributed by atoms with Crippen molar-refractivity contribution in [2.24, 2.45) is 5.92 Å². The summed E-state index contributed by atoms with van der Waals surface area (Å²) >= 11 is 0. The van der Waals surface area contributed by atoms with E-state index in [1.54, 1.807) is 6.92 Å². The molecule has 1 amide bonds. The van der Waals surface area contributed by atoms with Crippen LogP contribution < -0.4 is 0 Å². The number of aliphatic hydroxyl groups is 1. The second-order valence-electron chi connectivity index (χ2n) is 6.95. The third-order valence-electron chi connectivity index (χ3n) is 5.45. The van der Waals surface area contributed by atoms with E-state index in [1.165, 1.54) is 18.4 Å². The highest BCUT2D eigenvalue weighted by Gasteiger charge is 2.50. The maximum absolute atomic E-state index is 11.8. The number of carbonyl (C=O) groups excluding carboxylic acids is 1. The van der Waals surface area contributed by atoms with Gasteiger partial charge in [0.15, 0.2) is 0 Å². The average molecular weight is 316 g/mol. The predicted molar refractivity (Wildman–Crippen MR) is 91.2 cm³/mol. The molecule has 0 bridgehead atoms. The third kappa shape index (κ3) is 3.43. The lowest BCUT2D eigenvalue weighted by Gasteiger charge is -2.56. The molecule has 1 N–H and O–H groups in total. The number of carbonyl (C=O) groups is 1. The minimum Gasteiger partial charge on any atom is -0.395 e. The summed E-state index contributed by atoms with van der Waals surface area (Å²) in [5, 5.41) is 9.92. The van der Waals surface area contributed by atoms with Crippen LogP contribution in [0.1, 0.15) is 38.2 Å². The van der Waals surface area contributed by atoms with Crippen molar-refractivity contribution in [3.05, 3.63) is 35.9 Å². The van der Waals surface area contributed by atoms with Crippen LogP contribution in [0.4, 0.5) is 0 Å². The van der Waals surface area contributed by atoms with Crippen LogP contribution in [0.2, 0.25) is 0 Å². The normalized spacial score (nSPS) is 27.5. The molecule has 1 aromatic carbocycles. The molecule has 1 aliphatic heterocycles. The SMILES string of the molecule is CCN(C[C@@H]1[C@@H](c2ccccc2)[C@H](CO)N1CC1CC1)C(C)=O. The Kier molecular flexibility index (Phi) is 5.02. The number of rotatable bonds is 7. The Hall–Kier alpha value is -1.39. The van der Waals surface area contributed by atoms with Gasteiger partial charge in [-0.25, -0.2) is 0 Å². The summed E-state index contributed by atoms with van der Waals surface area (Å²) in [4.78, 5) is 16.2. The summed E-state index contributed by atoms with van der Waals surface area (Å²) in [5.74, 6) is 1.24. The zero-order valence-electron chi connectivity index (χ0n) is 14.2. The standard InChI is InChI=1S/C19H28N2O2/c1-3-20(14(2)23)12-17-19(16-7-5-4-6-8-16)18(13-22)21(17)11-15-9-10-15/h4-8,15,17-19,22H,3,9-13H2,1-2H3/t17-,18+,19-/m1/s1. The first-order valence-electron chi connectivity index (χ1n) is 8.82. The van der Waals surface area contributed by atoms with Gasteiger partial charge in [0.1, 0.15) is 0 Å². The molecule has 2 fully saturated rings. The summed E-state index contributed by atoms with van der Waals surface area (Å²) in [6, 6.07) is 11.0. The van der Waals surface area contributed by atoms with Crippen LogP contribution in [0.5, 0.6) is 0 Å². The fraction of sp³-hybridized carbons (Fsp3) is 0.632. The minimum atomic E-state index is 0.137. The minimum absolute atomic E-state index is 0.137. The van der Waals surface area contributed by atoms with Crippen LogP contribution >= 0.6 is 0 Å². The van der Waals surface area contributed by atoms with Crippen molar-refractivity contribution in [3.63, 3.8) is 0 Å². The molecule has 0 unspecified atom stereocenters. The monoisotopic (exact) mass is 316 g/mol. The van der Waals surface area contributed by atoms with Crippen molar-refractivity contribution in [1.82, 2.24) is 9.80 Å². The van der Waals surface area contributed by atoms with Gasteiger partial charge in [0, 0.05) is 44.6 Å². The number of likely N-dealkylation sites (tertiary alicyclic amines) is 1. The van der Waals surface area contributed by atoms with Crippen molar-refractivity contribution in [2.45, 2.75) is 44.7 Å². The summed E-state index contributed by atoms with van der Waals surface area (Å²) in [7, 11) is 0. The summed E-state index contributed by atoms with van der Waals surface area (Å²) in [6.45, 7) is 6.44. The van der Waals surface area contributed by atoms with E-state index in [2.05, 4.69) is 29.2 Å². The van der Waals surface area contributed by atoms with E-state index in [0.717, 1.165) is 25.6 Å². The zero-order valence-corrected chi connectivity index (χ0v) is 14.2. The van der Waals surface area contributed by atoms with Gasteiger partial charge < -0.3 is 10.0 Å². The highest BCUT2D eigenvalue weighted by Crippen LogP contribution is 2.44. The summed E-state index contributed by atoms with van der Waals surface area (Å²) in [6.07, 6.45) is 2.61. The molecule has 1 aromatic rings. The maximum atomic E-state index is 11.8. The molecule has 0 radical (unpaired) electrons. The quantitative estimate of drug-likeness (QED) is 0.838. The Labute approximate surface area is 139 Å². The van der Waals surface area contributed by atoms with E-state index in [-0.39, 0.29) is 18.6 Å². The highest BCUT2D eigenvalue weighted by molar-refractivity contribution is 5.73. The van der Waals surface area contributed by atoms with E-state index in [0.29, 0.717) is 12.0 Å². The molecule has 1 heterocycles. The van der Waals surface area contributed by atoms with Crippen molar-refractivity contribution in [3.8, 4) is 0 Å². The van der Waals surface area contributed by atoms with Gasteiger partial charge in [0.2, 0.25) is 5.91 Å². The lowest BCUT2D eigenvalue weighted by atomic mass is 9.74. The summed E-state index contributed by atoms with van der Waals surface area (Å²) < 4.78 is 0. The van der Waals surface area contributed by atoms with Gasteiger partial charge in [-0.2, -0.15) is 0 Å². The van der Waals surface area contributed by atoms with Gasteiger partial charge >= 0.3 is 0 Å². The van der Waals surface area contributed by atoms with Crippen molar-refractivity contribution < 1.29 is 9.90 Å². The van der Waals surface area contributed by atoms with Gasteiger partial charge in [-0.1, -0.05) is 30.3 Å². The molecule has 126 valence electrons. The molecule has 3 atom stereocenters. The van der Waals surface area contributed by atoms with Crippen LogP contribution in [-0.4, -0.2) is 59.1 Å². The van der Waals surface area contributed by atoms with E-state index in [4.69, 9.17) is 0 Å². The second kappa shape index (κ2) is 7.02. The van der Waals surface area contributed by atoms with Crippen LogP contribution in [0.3, 0.4) is 0 Å². The van der Waals surface area contributed by atoms with Crippen LogP contribution in [0, 0.1) is 5.92 Å². The molecule has 4 nitrogen and oxygen atoms in total. The third-order valence-corrected chi connectivity index (χ3v) is 5.45. The van der Waals surface area contributed by atoms with Gasteiger partial charge in [-0.05, 0) is 31.2 Å². The van der Waals surface area contributed by atoms with Gasteiger partial charge in [0.25, 0.3) is 0 Å². The number of benzene rings is 1. The van der Waals surface area contributed by atoms with Gasteiger partial charge in [-0.3, -0.25) is 9.69 Å². The van der Waals surface area contributed by atoms with E-state index >= 15 is 0 Å². The molecule has 0 aromatic heterocycles. The highest BCUT2D eigenvalue weighted by atomic mass is 16.3. The molecule has 0 spiro atoms. The molecule has 23 heavy (non-hydrogen) atoms. The van der Waals surface area contributed by atoms with Gasteiger partial charge in [-0.15, -0.1) is 0 Å². The van der Waals surface area contributed by atoms with Crippen molar-refractivity contribution in [1.29, 1.82) is 0 Å². The lowest BCUT2D eigenvalue weighted by molar-refractivity contribution is -0.132. The smallest absolute Gasteiger partial charge is 0.219 e. The Bertz CT molecular complexity index is 529. The lowest BCUT2D eigenvalue weighted by Crippen LogP contribution is -2.67. The molecular weight excluding hydrogens is 288 g/mol. The van der Waals surface area contributed by atoms with Crippen LogP contribution in [0.15, 0.2) is 30.3 Å². The number of hydrogen-bond donors (Lipinski definition) is 1. The van der Waals surface area contributed by atoms with E-state index < -0.39 is 0 Å². The first-order valence-corrected chi connectivity index (χ1v) is 8.82. The Balaban J connectivity index is 1.80. The topological polar surface area (TPSA) is 43.8 Å². The molecule has 4 heteroatoms. The van der Waals surface area contributed by atoms with Crippen molar-refractivity contribution in [2.75, 3.05) is 26.2 Å². The molecule has 2 aliphatic rings. The maximum Gasteiger partial charge on any atom is 0.219 e. The van der Waals surface area contributed by atoms with Crippen LogP contribution in [-0.2, 0) is 4.79 Å². The number of hydrogen-bond acceptors (Lipinski definition) is 3. The van der Waals surface area contributed by atoms with E-state index in [9.17, 15) is 9.90 Å². The first-order chi connectivity index (χ1) is 11.2. The van der Waals surface area contributed by atoms with E-state index in [1.807, 2.05) is 17.9 Å². The predicted octanol–water partition coefficient (Wildman–Crippen LogP) is 2.09. The Morgan fingerprint density at radius 1 is 1.26 bits per heavy atom. The number of likely N-dealkylation sites (N-methyl/N-ethyl adjacent to an activating group) is 1. The number of amides is 1. The van der Waals surface area contributed by atoms with Crippen molar-refractivity contribution >= 4 is 5.91 Å².